The quantitative estimate of drug-likeness (QED) is 0.640. The molecular formula is C14H20N2O3. The minimum Gasteiger partial charge on any atom is -0.508 e. The molecule has 0 saturated carbocycles. The van der Waals surface area contributed by atoms with Crippen LogP contribution in [0.4, 0.5) is 5.69 Å². The normalized spacial score (nSPS) is 19.4. The molecule has 2 rings (SSSR count). The van der Waals surface area contributed by atoms with E-state index in [-0.39, 0.29) is 11.7 Å². The summed E-state index contributed by atoms with van der Waals surface area (Å²) in [6.45, 7) is 2.08. The predicted molar refractivity (Wildman–Crippen MR) is 73.0 cm³/mol. The number of nitrogens with zero attached hydrogens (tertiary/aromatic N) is 1. The Kier molecular flexibility index (Phi) is 4.27. The van der Waals surface area contributed by atoms with Crippen molar-refractivity contribution in [2.45, 2.75) is 12.8 Å². The Morgan fingerprint density at radius 3 is 3.11 bits per heavy atom. The van der Waals surface area contributed by atoms with E-state index in [0.29, 0.717) is 30.3 Å². The summed E-state index contributed by atoms with van der Waals surface area (Å²) in [5.74, 6) is 0.318. The van der Waals surface area contributed by atoms with Crippen LogP contribution in [-0.2, 0) is 4.74 Å². The monoisotopic (exact) mass is 264 g/mol. The number of likely N-dealkylation sites (tertiary alicyclic amines) is 1. The van der Waals surface area contributed by atoms with E-state index in [1.807, 2.05) is 0 Å². The van der Waals surface area contributed by atoms with Crippen molar-refractivity contribution in [2.75, 3.05) is 32.5 Å². The molecule has 1 aliphatic heterocycles. The lowest BCUT2D eigenvalue weighted by Gasteiger charge is -2.32. The van der Waals surface area contributed by atoms with Crippen LogP contribution >= 0.6 is 0 Å². The molecule has 1 heterocycles. The molecule has 19 heavy (non-hydrogen) atoms. The molecule has 3 N–H and O–H groups in total. The lowest BCUT2D eigenvalue weighted by atomic mass is 9.98. The highest BCUT2D eigenvalue weighted by molar-refractivity contribution is 5.99. The van der Waals surface area contributed by atoms with Gasteiger partial charge in [0.2, 0.25) is 0 Å². The third kappa shape index (κ3) is 3.17. The standard InChI is InChI=1S/C14H20N2O3/c1-19-9-10-3-2-6-16(8-10)14(18)12-7-11(17)4-5-13(12)15/h4-5,7,10,17H,2-3,6,8-9,15H2,1H3. The second-order valence-corrected chi connectivity index (χ2v) is 4.99. The fraction of sp³-hybridized carbons (Fsp3) is 0.500. The van der Waals surface area contributed by atoms with E-state index in [1.54, 1.807) is 18.1 Å². The van der Waals surface area contributed by atoms with E-state index in [1.165, 1.54) is 12.1 Å². The molecule has 1 aliphatic rings. The summed E-state index contributed by atoms with van der Waals surface area (Å²) in [6.07, 6.45) is 2.05. The largest absolute Gasteiger partial charge is 0.508 e. The number of ether oxygens (including phenoxy) is 1. The van der Waals surface area contributed by atoms with E-state index in [0.717, 1.165) is 19.4 Å². The molecule has 5 heteroatoms. The predicted octanol–water partition coefficient (Wildman–Crippen LogP) is 1.47. The molecule has 0 aliphatic carbocycles. The van der Waals surface area contributed by atoms with Crippen molar-refractivity contribution in [3.05, 3.63) is 23.8 Å². The number of carbonyl (C=O) groups is 1. The van der Waals surface area contributed by atoms with Crippen molar-refractivity contribution < 1.29 is 14.6 Å². The van der Waals surface area contributed by atoms with Crippen molar-refractivity contribution in [1.82, 2.24) is 4.90 Å². The lowest BCUT2D eigenvalue weighted by molar-refractivity contribution is 0.0571. The number of benzene rings is 1. The van der Waals surface area contributed by atoms with Gasteiger partial charge in [0.25, 0.3) is 5.91 Å². The molecule has 1 amide bonds. The van der Waals surface area contributed by atoms with Crippen LogP contribution in [0.3, 0.4) is 0 Å². The highest BCUT2D eigenvalue weighted by Crippen LogP contribution is 2.23. The summed E-state index contributed by atoms with van der Waals surface area (Å²) in [4.78, 5) is 14.2. The number of methoxy groups -OCH3 is 1. The molecule has 5 nitrogen and oxygen atoms in total. The molecule has 1 atom stereocenters. The van der Waals surface area contributed by atoms with Crippen molar-refractivity contribution in [1.29, 1.82) is 0 Å². The van der Waals surface area contributed by atoms with E-state index in [2.05, 4.69) is 0 Å². The average molecular weight is 264 g/mol. The van der Waals surface area contributed by atoms with Crippen LogP contribution in [0.1, 0.15) is 23.2 Å². The number of piperidine rings is 1. The minimum atomic E-state index is -0.116. The molecule has 0 spiro atoms. The Bertz CT molecular complexity index is 460. The fourth-order valence-corrected chi connectivity index (χ4v) is 2.52. The number of phenolic OH excluding ortho intramolecular Hbond substituents is 1. The number of hydrogen-bond donors (Lipinski definition) is 2. The van der Waals surface area contributed by atoms with Crippen molar-refractivity contribution in [2.24, 2.45) is 5.92 Å². The van der Waals surface area contributed by atoms with Gasteiger partial charge >= 0.3 is 0 Å². The first kappa shape index (κ1) is 13.7. The molecule has 104 valence electrons. The SMILES string of the molecule is COCC1CCCN(C(=O)c2cc(O)ccc2N)C1. The van der Waals surface area contributed by atoms with Gasteiger partial charge in [-0.1, -0.05) is 0 Å². The van der Waals surface area contributed by atoms with E-state index < -0.39 is 0 Å². The summed E-state index contributed by atoms with van der Waals surface area (Å²) in [6, 6.07) is 4.47. The zero-order valence-electron chi connectivity index (χ0n) is 11.1. The maximum absolute atomic E-state index is 12.4. The second kappa shape index (κ2) is 5.93. The number of anilines is 1. The maximum atomic E-state index is 12.4. The first-order valence-electron chi connectivity index (χ1n) is 6.48. The van der Waals surface area contributed by atoms with E-state index in [9.17, 15) is 9.90 Å². The third-order valence-electron chi connectivity index (χ3n) is 3.48. The highest BCUT2D eigenvalue weighted by atomic mass is 16.5. The van der Waals surface area contributed by atoms with Gasteiger partial charge in [-0.15, -0.1) is 0 Å². The van der Waals surface area contributed by atoms with Crippen LogP contribution < -0.4 is 5.73 Å². The molecule has 1 saturated heterocycles. The zero-order valence-corrected chi connectivity index (χ0v) is 11.1. The number of aromatic hydroxyl groups is 1. The van der Waals surface area contributed by atoms with Gasteiger partial charge in [0.05, 0.1) is 12.2 Å². The molecule has 0 aromatic heterocycles. The van der Waals surface area contributed by atoms with Gasteiger partial charge < -0.3 is 20.5 Å². The zero-order chi connectivity index (χ0) is 13.8. The number of rotatable bonds is 3. The van der Waals surface area contributed by atoms with Crippen molar-refractivity contribution in [3.63, 3.8) is 0 Å². The molecule has 1 aromatic rings. The van der Waals surface area contributed by atoms with Gasteiger partial charge in [-0.2, -0.15) is 0 Å². The second-order valence-electron chi connectivity index (χ2n) is 4.99. The Balaban J connectivity index is 2.12. The Morgan fingerprint density at radius 2 is 2.37 bits per heavy atom. The van der Waals surface area contributed by atoms with Gasteiger partial charge in [0.1, 0.15) is 5.75 Å². The van der Waals surface area contributed by atoms with Gasteiger partial charge in [-0.25, -0.2) is 0 Å². The smallest absolute Gasteiger partial charge is 0.256 e. The summed E-state index contributed by atoms with van der Waals surface area (Å²) >= 11 is 0. The minimum absolute atomic E-state index is 0.0583. The third-order valence-corrected chi connectivity index (χ3v) is 3.48. The van der Waals surface area contributed by atoms with Gasteiger partial charge in [-0.05, 0) is 37.0 Å². The van der Waals surface area contributed by atoms with Gasteiger partial charge in [0.15, 0.2) is 0 Å². The van der Waals surface area contributed by atoms with Gasteiger partial charge in [0, 0.05) is 25.9 Å². The molecule has 1 aromatic carbocycles. The first-order chi connectivity index (χ1) is 9.11. The van der Waals surface area contributed by atoms with Crippen LogP contribution in [0.25, 0.3) is 0 Å². The molecule has 0 radical (unpaired) electrons. The van der Waals surface area contributed by atoms with Crippen LogP contribution in [0.15, 0.2) is 18.2 Å². The Hall–Kier alpha value is -1.75. The molecule has 0 bridgehead atoms. The highest BCUT2D eigenvalue weighted by Gasteiger charge is 2.25. The van der Waals surface area contributed by atoms with Crippen LogP contribution in [0.2, 0.25) is 0 Å². The molecule has 1 unspecified atom stereocenters. The molecule has 1 fully saturated rings. The number of nitrogens with two attached hydrogens (primary N) is 1. The number of hydrogen-bond acceptors (Lipinski definition) is 4. The molecular weight excluding hydrogens is 244 g/mol. The lowest BCUT2D eigenvalue weighted by Crippen LogP contribution is -2.41. The maximum Gasteiger partial charge on any atom is 0.256 e. The fourth-order valence-electron chi connectivity index (χ4n) is 2.52. The van der Waals surface area contributed by atoms with Gasteiger partial charge in [-0.3, -0.25) is 4.79 Å². The van der Waals surface area contributed by atoms with Crippen LogP contribution in [0, 0.1) is 5.92 Å². The first-order valence-corrected chi connectivity index (χ1v) is 6.48. The Morgan fingerprint density at radius 1 is 1.58 bits per heavy atom. The van der Waals surface area contributed by atoms with Crippen molar-refractivity contribution in [3.8, 4) is 5.75 Å². The number of carbonyl (C=O) groups excluding carboxylic acids is 1. The number of amides is 1. The van der Waals surface area contributed by atoms with Crippen molar-refractivity contribution >= 4 is 11.6 Å². The Labute approximate surface area is 113 Å². The number of phenols is 1. The van der Waals surface area contributed by atoms with Crippen LogP contribution in [-0.4, -0.2) is 42.7 Å². The van der Waals surface area contributed by atoms with Crippen LogP contribution in [0.5, 0.6) is 5.75 Å². The van der Waals surface area contributed by atoms with E-state index >= 15 is 0 Å². The summed E-state index contributed by atoms with van der Waals surface area (Å²) in [5.41, 5.74) is 6.58. The summed E-state index contributed by atoms with van der Waals surface area (Å²) in [5, 5.41) is 9.47. The summed E-state index contributed by atoms with van der Waals surface area (Å²) < 4.78 is 5.16. The average Bonchev–Trinajstić information content (AvgIpc) is 2.41. The summed E-state index contributed by atoms with van der Waals surface area (Å²) in [7, 11) is 1.67. The number of nitrogen functional groups attached to an aromatic ring is 1. The van der Waals surface area contributed by atoms with E-state index in [4.69, 9.17) is 10.5 Å². The topological polar surface area (TPSA) is 75.8 Å².